The minimum absolute atomic E-state index is 0.138. The Hall–Kier alpha value is -1.92. The Labute approximate surface area is 111 Å². The third-order valence-electron chi connectivity index (χ3n) is 2.83. The molecular formula is C14H12ClN3. The summed E-state index contributed by atoms with van der Waals surface area (Å²) in [6.07, 6.45) is 2.55. The fraction of sp³-hybridized carbons (Fsp3) is 0.214. The number of aromatic nitrogens is 2. The van der Waals surface area contributed by atoms with Gasteiger partial charge in [0.05, 0.1) is 17.3 Å². The molecule has 0 saturated heterocycles. The van der Waals surface area contributed by atoms with Crippen LogP contribution in [0.3, 0.4) is 0 Å². The minimum Gasteiger partial charge on any atom is -0.227 e. The molecule has 2 aromatic rings. The van der Waals surface area contributed by atoms with Gasteiger partial charge in [-0.3, -0.25) is 0 Å². The number of benzene rings is 1. The first-order chi connectivity index (χ1) is 8.74. The zero-order valence-electron chi connectivity index (χ0n) is 9.97. The molecule has 1 unspecified atom stereocenters. The zero-order chi connectivity index (χ0) is 13.0. The zero-order valence-corrected chi connectivity index (χ0v) is 10.7. The summed E-state index contributed by atoms with van der Waals surface area (Å²) in [6, 6.07) is 11.6. The van der Waals surface area contributed by atoms with Gasteiger partial charge in [-0.05, 0) is 41.8 Å². The molecule has 1 atom stereocenters. The van der Waals surface area contributed by atoms with Gasteiger partial charge in [0.2, 0.25) is 5.28 Å². The van der Waals surface area contributed by atoms with E-state index in [0.717, 1.165) is 17.7 Å². The highest BCUT2D eigenvalue weighted by atomic mass is 35.5. The molecule has 18 heavy (non-hydrogen) atoms. The summed E-state index contributed by atoms with van der Waals surface area (Å²) in [6.45, 7) is 2.08. The largest absolute Gasteiger partial charge is 0.227 e. The molecular weight excluding hydrogens is 246 g/mol. The molecule has 90 valence electrons. The van der Waals surface area contributed by atoms with Gasteiger partial charge in [0.1, 0.15) is 0 Å². The summed E-state index contributed by atoms with van der Waals surface area (Å²) < 4.78 is 0. The second-order valence-electron chi connectivity index (χ2n) is 3.95. The van der Waals surface area contributed by atoms with Crippen LogP contribution in [0.2, 0.25) is 5.28 Å². The maximum atomic E-state index is 8.93. The van der Waals surface area contributed by atoms with Gasteiger partial charge in [-0.25, -0.2) is 9.97 Å². The molecule has 1 aromatic heterocycles. The second-order valence-corrected chi connectivity index (χ2v) is 4.29. The summed E-state index contributed by atoms with van der Waals surface area (Å²) in [5.74, 6) is 0.138. The predicted molar refractivity (Wildman–Crippen MR) is 70.3 cm³/mol. The van der Waals surface area contributed by atoms with Crippen molar-refractivity contribution in [2.45, 2.75) is 19.3 Å². The van der Waals surface area contributed by atoms with Crippen molar-refractivity contribution in [1.82, 2.24) is 9.97 Å². The molecule has 0 aliphatic carbocycles. The van der Waals surface area contributed by atoms with Gasteiger partial charge in [0.15, 0.2) is 0 Å². The van der Waals surface area contributed by atoms with E-state index >= 15 is 0 Å². The first kappa shape index (κ1) is 12.5. The molecule has 0 spiro atoms. The van der Waals surface area contributed by atoms with E-state index in [9.17, 15) is 0 Å². The fourth-order valence-corrected chi connectivity index (χ4v) is 2.14. The smallest absolute Gasteiger partial charge is 0.222 e. The van der Waals surface area contributed by atoms with E-state index in [0.29, 0.717) is 5.56 Å². The van der Waals surface area contributed by atoms with Crippen molar-refractivity contribution in [1.29, 1.82) is 5.26 Å². The Morgan fingerprint density at radius 1 is 1.39 bits per heavy atom. The lowest BCUT2D eigenvalue weighted by Crippen LogP contribution is -2.03. The van der Waals surface area contributed by atoms with Crippen molar-refractivity contribution >= 4 is 11.6 Å². The number of rotatable bonds is 3. The molecule has 1 aromatic carbocycles. The third-order valence-corrected chi connectivity index (χ3v) is 3.01. The standard InChI is InChI=1S/C14H12ClN3/c1-2-12(13-6-7-17-14(15)18-13)11-5-3-4-10(8-11)9-16/h3-8,12H,2H2,1H3. The Morgan fingerprint density at radius 3 is 2.89 bits per heavy atom. The Bertz CT molecular complexity index is 590. The molecule has 3 nitrogen and oxygen atoms in total. The van der Waals surface area contributed by atoms with Crippen LogP contribution in [0.15, 0.2) is 36.5 Å². The van der Waals surface area contributed by atoms with Crippen LogP contribution in [-0.4, -0.2) is 9.97 Å². The summed E-state index contributed by atoms with van der Waals surface area (Å²) in [5.41, 5.74) is 2.62. The lowest BCUT2D eigenvalue weighted by atomic mass is 9.92. The number of hydrogen-bond acceptors (Lipinski definition) is 3. The molecule has 0 radical (unpaired) electrons. The van der Waals surface area contributed by atoms with E-state index in [2.05, 4.69) is 23.0 Å². The average Bonchev–Trinajstić information content (AvgIpc) is 2.40. The maximum absolute atomic E-state index is 8.93. The number of halogens is 1. The van der Waals surface area contributed by atoms with Crippen molar-refractivity contribution in [2.24, 2.45) is 0 Å². The van der Waals surface area contributed by atoms with Crippen molar-refractivity contribution in [3.05, 3.63) is 58.6 Å². The van der Waals surface area contributed by atoms with Crippen molar-refractivity contribution in [2.75, 3.05) is 0 Å². The van der Waals surface area contributed by atoms with Gasteiger partial charge >= 0.3 is 0 Å². The highest BCUT2D eigenvalue weighted by molar-refractivity contribution is 6.28. The Balaban J connectivity index is 2.42. The first-order valence-electron chi connectivity index (χ1n) is 5.73. The quantitative estimate of drug-likeness (QED) is 0.790. The van der Waals surface area contributed by atoms with Crippen LogP contribution < -0.4 is 0 Å². The number of nitrogens with zero attached hydrogens (tertiary/aromatic N) is 3. The molecule has 0 fully saturated rings. The summed E-state index contributed by atoms with van der Waals surface area (Å²) in [5, 5.41) is 9.19. The van der Waals surface area contributed by atoms with E-state index in [-0.39, 0.29) is 11.2 Å². The molecule has 0 amide bonds. The van der Waals surface area contributed by atoms with E-state index in [1.165, 1.54) is 0 Å². The van der Waals surface area contributed by atoms with Crippen molar-refractivity contribution in [3.63, 3.8) is 0 Å². The van der Waals surface area contributed by atoms with Gasteiger partial charge in [-0.15, -0.1) is 0 Å². The van der Waals surface area contributed by atoms with Crippen LogP contribution in [0, 0.1) is 11.3 Å². The lowest BCUT2D eigenvalue weighted by molar-refractivity contribution is 0.744. The predicted octanol–water partition coefficient (Wildman–Crippen LogP) is 3.54. The van der Waals surface area contributed by atoms with E-state index < -0.39 is 0 Å². The first-order valence-corrected chi connectivity index (χ1v) is 6.11. The van der Waals surface area contributed by atoms with Crippen LogP contribution in [0.25, 0.3) is 0 Å². The molecule has 1 heterocycles. The van der Waals surface area contributed by atoms with Crippen LogP contribution in [-0.2, 0) is 0 Å². The summed E-state index contributed by atoms with van der Waals surface area (Å²) in [4.78, 5) is 8.13. The highest BCUT2D eigenvalue weighted by Crippen LogP contribution is 2.27. The molecule has 0 aliphatic rings. The maximum Gasteiger partial charge on any atom is 0.222 e. The number of nitriles is 1. The second kappa shape index (κ2) is 5.61. The van der Waals surface area contributed by atoms with Crippen LogP contribution in [0.4, 0.5) is 0 Å². The molecule has 4 heteroatoms. The number of hydrogen-bond donors (Lipinski definition) is 0. The highest BCUT2D eigenvalue weighted by Gasteiger charge is 2.14. The molecule has 0 bridgehead atoms. The van der Waals surface area contributed by atoms with Crippen LogP contribution in [0.5, 0.6) is 0 Å². The van der Waals surface area contributed by atoms with E-state index in [1.54, 1.807) is 12.3 Å². The van der Waals surface area contributed by atoms with Gasteiger partial charge in [-0.1, -0.05) is 19.1 Å². The topological polar surface area (TPSA) is 49.6 Å². The Morgan fingerprint density at radius 2 is 2.22 bits per heavy atom. The lowest BCUT2D eigenvalue weighted by Gasteiger charge is -2.14. The normalized spacial score (nSPS) is 11.8. The SMILES string of the molecule is CCC(c1cccc(C#N)c1)c1ccnc(Cl)n1. The molecule has 0 N–H and O–H groups in total. The molecule has 0 aliphatic heterocycles. The summed E-state index contributed by atoms with van der Waals surface area (Å²) >= 11 is 5.82. The third kappa shape index (κ3) is 2.66. The fourth-order valence-electron chi connectivity index (χ4n) is 1.98. The molecule has 0 saturated carbocycles. The van der Waals surface area contributed by atoms with Crippen molar-refractivity contribution < 1.29 is 0 Å². The van der Waals surface area contributed by atoms with Gasteiger partial charge in [0.25, 0.3) is 0 Å². The monoisotopic (exact) mass is 257 g/mol. The average molecular weight is 258 g/mol. The Kier molecular flexibility index (Phi) is 3.91. The van der Waals surface area contributed by atoms with Crippen molar-refractivity contribution in [3.8, 4) is 6.07 Å². The van der Waals surface area contributed by atoms with Crippen LogP contribution in [0.1, 0.15) is 36.1 Å². The van der Waals surface area contributed by atoms with Gasteiger partial charge < -0.3 is 0 Å². The van der Waals surface area contributed by atoms with Gasteiger partial charge in [-0.2, -0.15) is 5.26 Å². The van der Waals surface area contributed by atoms with Crippen LogP contribution >= 0.6 is 11.6 Å². The minimum atomic E-state index is 0.138. The van der Waals surface area contributed by atoms with E-state index in [4.69, 9.17) is 16.9 Å². The molecule has 2 rings (SSSR count). The van der Waals surface area contributed by atoms with Gasteiger partial charge in [0, 0.05) is 12.1 Å². The summed E-state index contributed by atoms with van der Waals surface area (Å²) in [7, 11) is 0. The van der Waals surface area contributed by atoms with E-state index in [1.807, 2.05) is 24.3 Å².